The molecule has 0 aromatic carbocycles. The second-order valence-corrected chi connectivity index (χ2v) is 2.98. The van der Waals surface area contributed by atoms with Crippen LogP contribution in [0.5, 0.6) is 0 Å². The van der Waals surface area contributed by atoms with Gasteiger partial charge in [0.05, 0.1) is 6.54 Å². The van der Waals surface area contributed by atoms with Gasteiger partial charge in [-0.15, -0.1) is 0 Å². The van der Waals surface area contributed by atoms with Crippen molar-refractivity contribution in [1.29, 1.82) is 0 Å². The van der Waals surface area contributed by atoms with E-state index in [9.17, 15) is 0 Å². The molecule has 0 amide bonds. The van der Waals surface area contributed by atoms with Crippen LogP contribution < -0.4 is 0 Å². The van der Waals surface area contributed by atoms with E-state index in [0.717, 1.165) is 18.9 Å². The summed E-state index contributed by atoms with van der Waals surface area (Å²) >= 11 is 0. The third-order valence-electron chi connectivity index (χ3n) is 1.69. The average Bonchev–Trinajstić information content (AvgIpc) is 2.34. The fourth-order valence-corrected chi connectivity index (χ4v) is 0.968. The normalized spacial score (nSPS) is 24.8. The third-order valence-corrected chi connectivity index (χ3v) is 1.69. The van der Waals surface area contributed by atoms with Crippen LogP contribution in [-0.4, -0.2) is 18.5 Å². The summed E-state index contributed by atoms with van der Waals surface area (Å²) in [5.74, 6) is 1.39. The van der Waals surface area contributed by atoms with Crippen molar-refractivity contribution in [3.63, 3.8) is 0 Å². The second-order valence-electron chi connectivity index (χ2n) is 2.98. The molecule has 2 heteroatoms. The van der Waals surface area contributed by atoms with Crippen molar-refractivity contribution >= 4 is 5.90 Å². The van der Waals surface area contributed by atoms with Gasteiger partial charge in [-0.1, -0.05) is 20.8 Å². The van der Waals surface area contributed by atoms with Crippen molar-refractivity contribution < 1.29 is 4.74 Å². The average molecular weight is 141 g/mol. The number of aliphatic imine (C=N–C) groups is 1. The highest BCUT2D eigenvalue weighted by Gasteiger charge is 2.19. The van der Waals surface area contributed by atoms with Gasteiger partial charge in [0.15, 0.2) is 5.90 Å². The van der Waals surface area contributed by atoms with Gasteiger partial charge >= 0.3 is 0 Å². The molecule has 0 aromatic rings. The third kappa shape index (κ3) is 1.49. The largest absolute Gasteiger partial charge is 0.476 e. The Balaban J connectivity index is 2.39. The zero-order chi connectivity index (χ0) is 7.56. The number of ether oxygens (including phenoxy) is 1. The van der Waals surface area contributed by atoms with Gasteiger partial charge in [0.2, 0.25) is 0 Å². The monoisotopic (exact) mass is 141 g/mol. The lowest BCUT2D eigenvalue weighted by Gasteiger charge is -2.09. The molecular weight excluding hydrogens is 126 g/mol. The summed E-state index contributed by atoms with van der Waals surface area (Å²) in [4.78, 5) is 4.28. The van der Waals surface area contributed by atoms with Crippen LogP contribution in [0.4, 0.5) is 0 Å². The predicted molar refractivity (Wildman–Crippen MR) is 42.3 cm³/mol. The first-order chi connectivity index (χ1) is 4.74. The fraction of sp³-hybridized carbons (Fsp3) is 0.875. The first-order valence-corrected chi connectivity index (χ1v) is 3.95. The van der Waals surface area contributed by atoms with Gasteiger partial charge in [0.1, 0.15) is 6.10 Å². The minimum absolute atomic E-state index is 0.359. The first kappa shape index (κ1) is 7.58. The summed E-state index contributed by atoms with van der Waals surface area (Å²) < 4.78 is 5.52. The highest BCUT2D eigenvalue weighted by Crippen LogP contribution is 2.12. The number of hydrogen-bond acceptors (Lipinski definition) is 2. The molecule has 58 valence electrons. The molecule has 1 rings (SSSR count). The van der Waals surface area contributed by atoms with Crippen LogP contribution in [0.3, 0.4) is 0 Å². The van der Waals surface area contributed by atoms with E-state index in [0.29, 0.717) is 12.0 Å². The minimum Gasteiger partial charge on any atom is -0.476 e. The van der Waals surface area contributed by atoms with Crippen molar-refractivity contribution in [1.82, 2.24) is 0 Å². The molecule has 1 aliphatic rings. The SMILES string of the molecule is CCC1CN=C(C(C)C)O1. The van der Waals surface area contributed by atoms with Crippen LogP contribution in [0, 0.1) is 5.92 Å². The van der Waals surface area contributed by atoms with E-state index < -0.39 is 0 Å². The Kier molecular flexibility index (Phi) is 2.30. The van der Waals surface area contributed by atoms with E-state index in [1.54, 1.807) is 0 Å². The lowest BCUT2D eigenvalue weighted by molar-refractivity contribution is 0.208. The Hall–Kier alpha value is -0.530. The summed E-state index contributed by atoms with van der Waals surface area (Å²) in [6.07, 6.45) is 1.43. The summed E-state index contributed by atoms with van der Waals surface area (Å²) in [5, 5.41) is 0. The molecule has 1 unspecified atom stereocenters. The summed E-state index contributed by atoms with van der Waals surface area (Å²) in [6.45, 7) is 7.21. The molecule has 1 aliphatic heterocycles. The number of rotatable bonds is 2. The first-order valence-electron chi connectivity index (χ1n) is 3.95. The molecule has 0 aliphatic carbocycles. The Morgan fingerprint density at radius 1 is 1.70 bits per heavy atom. The Morgan fingerprint density at radius 3 is 2.70 bits per heavy atom. The van der Waals surface area contributed by atoms with Gasteiger partial charge in [0, 0.05) is 5.92 Å². The van der Waals surface area contributed by atoms with E-state index in [4.69, 9.17) is 4.74 Å². The van der Waals surface area contributed by atoms with Crippen molar-refractivity contribution in [2.75, 3.05) is 6.54 Å². The minimum atomic E-state index is 0.359. The Labute approximate surface area is 62.3 Å². The van der Waals surface area contributed by atoms with Gasteiger partial charge in [-0.2, -0.15) is 0 Å². The highest BCUT2D eigenvalue weighted by molar-refractivity contribution is 5.79. The highest BCUT2D eigenvalue weighted by atomic mass is 16.5. The van der Waals surface area contributed by atoms with Crippen LogP contribution in [0.2, 0.25) is 0 Å². The molecule has 10 heavy (non-hydrogen) atoms. The van der Waals surface area contributed by atoms with E-state index in [-0.39, 0.29) is 0 Å². The van der Waals surface area contributed by atoms with E-state index >= 15 is 0 Å². The van der Waals surface area contributed by atoms with Crippen molar-refractivity contribution in [2.24, 2.45) is 10.9 Å². The quantitative estimate of drug-likeness (QED) is 0.575. The molecule has 0 N–H and O–H groups in total. The van der Waals surface area contributed by atoms with Crippen molar-refractivity contribution in [2.45, 2.75) is 33.3 Å². The Bertz CT molecular complexity index is 140. The molecule has 1 atom stereocenters. The van der Waals surface area contributed by atoms with Gasteiger partial charge in [-0.25, -0.2) is 0 Å². The standard InChI is InChI=1S/C8H15NO/c1-4-7-5-9-8(10-7)6(2)3/h6-7H,4-5H2,1-3H3. The van der Waals surface area contributed by atoms with Gasteiger partial charge < -0.3 is 4.74 Å². The van der Waals surface area contributed by atoms with Crippen molar-refractivity contribution in [3.05, 3.63) is 0 Å². The molecule has 0 bridgehead atoms. The maximum Gasteiger partial charge on any atom is 0.186 e. The topological polar surface area (TPSA) is 21.6 Å². The number of hydrogen-bond donors (Lipinski definition) is 0. The second kappa shape index (κ2) is 3.04. The predicted octanol–water partition coefficient (Wildman–Crippen LogP) is 1.85. The zero-order valence-corrected chi connectivity index (χ0v) is 6.92. The molecule has 0 fully saturated rings. The molecule has 0 radical (unpaired) electrons. The van der Waals surface area contributed by atoms with Gasteiger partial charge in [-0.05, 0) is 6.42 Å². The lowest BCUT2D eigenvalue weighted by atomic mass is 10.2. The maximum absolute atomic E-state index is 5.52. The molecule has 1 heterocycles. The van der Waals surface area contributed by atoms with Crippen LogP contribution in [0.25, 0.3) is 0 Å². The number of nitrogens with zero attached hydrogens (tertiary/aromatic N) is 1. The Morgan fingerprint density at radius 2 is 2.40 bits per heavy atom. The maximum atomic E-state index is 5.52. The zero-order valence-electron chi connectivity index (χ0n) is 6.92. The fourth-order valence-electron chi connectivity index (χ4n) is 0.968. The summed E-state index contributed by atoms with van der Waals surface area (Å²) in [5.41, 5.74) is 0. The van der Waals surface area contributed by atoms with Crippen LogP contribution in [0.1, 0.15) is 27.2 Å². The molecule has 2 nitrogen and oxygen atoms in total. The smallest absolute Gasteiger partial charge is 0.186 e. The summed E-state index contributed by atoms with van der Waals surface area (Å²) in [7, 11) is 0. The van der Waals surface area contributed by atoms with Gasteiger partial charge in [0.25, 0.3) is 0 Å². The lowest BCUT2D eigenvalue weighted by Crippen LogP contribution is -2.14. The van der Waals surface area contributed by atoms with Crippen LogP contribution >= 0.6 is 0 Å². The van der Waals surface area contributed by atoms with Crippen LogP contribution in [0.15, 0.2) is 4.99 Å². The van der Waals surface area contributed by atoms with E-state index in [1.165, 1.54) is 0 Å². The molecule has 0 spiro atoms. The van der Waals surface area contributed by atoms with E-state index in [1.807, 2.05) is 0 Å². The van der Waals surface area contributed by atoms with Gasteiger partial charge in [-0.3, -0.25) is 4.99 Å². The molecule has 0 aromatic heterocycles. The molecule has 0 saturated heterocycles. The molecular formula is C8H15NO. The van der Waals surface area contributed by atoms with Crippen LogP contribution in [-0.2, 0) is 4.74 Å². The molecule has 0 saturated carbocycles. The summed E-state index contributed by atoms with van der Waals surface area (Å²) in [6, 6.07) is 0. The van der Waals surface area contributed by atoms with Crippen molar-refractivity contribution in [3.8, 4) is 0 Å². The van der Waals surface area contributed by atoms with E-state index in [2.05, 4.69) is 25.8 Å².